The molecule has 0 radical (unpaired) electrons. The maximum absolute atomic E-state index is 13.5. The Hall–Kier alpha value is -1.84. The molecular weight excluding hydrogens is 470 g/mol. The highest BCUT2D eigenvalue weighted by Crippen LogP contribution is 2.66. The van der Waals surface area contributed by atoms with Crippen molar-refractivity contribution < 1.29 is 14.3 Å². The highest BCUT2D eigenvalue weighted by molar-refractivity contribution is 5.87. The van der Waals surface area contributed by atoms with Crippen molar-refractivity contribution in [2.45, 2.75) is 116 Å². The van der Waals surface area contributed by atoms with Gasteiger partial charge in [0.2, 0.25) is 0 Å². The summed E-state index contributed by atoms with van der Waals surface area (Å²) >= 11 is 0. The van der Waals surface area contributed by atoms with Crippen LogP contribution in [0.2, 0.25) is 0 Å². The van der Waals surface area contributed by atoms with Gasteiger partial charge in [0.15, 0.2) is 0 Å². The van der Waals surface area contributed by atoms with E-state index in [-0.39, 0.29) is 5.41 Å². The van der Waals surface area contributed by atoms with Gasteiger partial charge < -0.3 is 9.64 Å². The first-order valence-electron chi connectivity index (χ1n) is 16.0. The van der Waals surface area contributed by atoms with E-state index in [2.05, 4.69) is 43.0 Å². The molecule has 0 bridgehead atoms. The van der Waals surface area contributed by atoms with Crippen LogP contribution in [-0.2, 0) is 9.59 Å². The van der Waals surface area contributed by atoms with E-state index < -0.39 is 0 Å². The van der Waals surface area contributed by atoms with Gasteiger partial charge in [-0.3, -0.25) is 9.59 Å². The van der Waals surface area contributed by atoms with Gasteiger partial charge in [-0.25, -0.2) is 0 Å². The van der Waals surface area contributed by atoms with Crippen molar-refractivity contribution in [2.24, 2.45) is 34.5 Å². The maximum Gasteiger partial charge on any atom is 0.139 e. The Morgan fingerprint density at radius 3 is 2.61 bits per heavy atom. The smallest absolute Gasteiger partial charge is 0.139 e. The van der Waals surface area contributed by atoms with Crippen LogP contribution < -0.4 is 9.64 Å². The molecule has 208 valence electrons. The third-order valence-corrected chi connectivity index (χ3v) is 12.2. The summed E-state index contributed by atoms with van der Waals surface area (Å²) in [5, 5.41) is 0. The second-order valence-corrected chi connectivity index (χ2v) is 13.7. The number of carbonyl (C=O) groups is 2. The van der Waals surface area contributed by atoms with Crippen LogP contribution in [0, 0.1) is 34.5 Å². The summed E-state index contributed by atoms with van der Waals surface area (Å²) in [6.45, 7) is 6.42. The average Bonchev–Trinajstić information content (AvgIpc) is 3.27. The van der Waals surface area contributed by atoms with Gasteiger partial charge in [0.1, 0.15) is 17.3 Å². The van der Waals surface area contributed by atoms with E-state index in [1.165, 1.54) is 50.6 Å². The Morgan fingerprint density at radius 1 is 0.947 bits per heavy atom. The molecule has 4 unspecified atom stereocenters. The van der Waals surface area contributed by atoms with Crippen molar-refractivity contribution in [3.05, 3.63) is 24.3 Å². The van der Waals surface area contributed by atoms with E-state index >= 15 is 0 Å². The molecule has 0 N–H and O–H groups in total. The fourth-order valence-corrected chi connectivity index (χ4v) is 10.2. The van der Waals surface area contributed by atoms with Crippen molar-refractivity contribution in [3.8, 4) is 5.75 Å². The largest absolute Gasteiger partial charge is 0.493 e. The van der Waals surface area contributed by atoms with E-state index in [1.54, 1.807) is 0 Å². The number of anilines is 1. The lowest BCUT2D eigenvalue weighted by molar-refractivity contribution is -0.147. The minimum atomic E-state index is -0.177. The normalized spacial score (nSPS) is 37.3. The zero-order valence-electron chi connectivity index (χ0n) is 23.9. The molecule has 5 aliphatic carbocycles. The van der Waals surface area contributed by atoms with Gasteiger partial charge >= 0.3 is 0 Å². The fourth-order valence-electron chi connectivity index (χ4n) is 10.2. The first kappa shape index (κ1) is 26.4. The van der Waals surface area contributed by atoms with Crippen LogP contribution in [0.5, 0.6) is 5.75 Å². The van der Waals surface area contributed by atoms with Crippen molar-refractivity contribution >= 4 is 17.3 Å². The van der Waals surface area contributed by atoms with Gasteiger partial charge in [0.05, 0.1) is 6.61 Å². The molecule has 6 atom stereocenters. The molecule has 4 nitrogen and oxygen atoms in total. The molecule has 0 spiro atoms. The average molecular weight is 520 g/mol. The number of fused-ring (bicyclic) bond motifs is 5. The SMILES string of the molecule is CCN(c1cccc(OCC[C@]23CCC4C(CCC5CC(=O)CC[C@@]54C)C2CCC3=O)c1)C1CCCCC1. The minimum absolute atomic E-state index is 0.177. The van der Waals surface area contributed by atoms with E-state index in [1.807, 2.05) is 0 Å². The second-order valence-electron chi connectivity index (χ2n) is 13.7. The molecule has 1 aromatic carbocycles. The lowest BCUT2D eigenvalue weighted by Crippen LogP contribution is -2.54. The summed E-state index contributed by atoms with van der Waals surface area (Å²) in [7, 11) is 0. The molecular formula is C34H49NO3. The van der Waals surface area contributed by atoms with Gasteiger partial charge in [0, 0.05) is 49.0 Å². The first-order valence-corrected chi connectivity index (χ1v) is 16.0. The molecule has 5 saturated carbocycles. The van der Waals surface area contributed by atoms with Crippen LogP contribution in [0.4, 0.5) is 5.69 Å². The van der Waals surface area contributed by atoms with Crippen LogP contribution in [-0.4, -0.2) is 30.8 Å². The van der Waals surface area contributed by atoms with Crippen molar-refractivity contribution in [3.63, 3.8) is 0 Å². The molecule has 38 heavy (non-hydrogen) atoms. The van der Waals surface area contributed by atoms with Gasteiger partial charge in [-0.05, 0) is 106 Å². The summed E-state index contributed by atoms with van der Waals surface area (Å²) < 4.78 is 6.42. The number of ether oxygens (including phenoxy) is 1. The number of rotatable bonds is 7. The number of nitrogens with zero attached hydrogens (tertiary/aromatic N) is 1. The van der Waals surface area contributed by atoms with Crippen LogP contribution in [0.25, 0.3) is 0 Å². The Bertz CT molecular complexity index is 1030. The number of carbonyl (C=O) groups excluding carboxylic acids is 2. The van der Waals surface area contributed by atoms with Crippen LogP contribution in [0.3, 0.4) is 0 Å². The van der Waals surface area contributed by atoms with E-state index in [4.69, 9.17) is 4.74 Å². The summed E-state index contributed by atoms with van der Waals surface area (Å²) in [4.78, 5) is 28.3. The molecule has 4 heteroatoms. The lowest BCUT2D eigenvalue weighted by atomic mass is 9.45. The summed E-state index contributed by atoms with van der Waals surface area (Å²) in [5.41, 5.74) is 1.40. The third kappa shape index (κ3) is 4.52. The van der Waals surface area contributed by atoms with Crippen molar-refractivity contribution in [1.82, 2.24) is 0 Å². The van der Waals surface area contributed by atoms with E-state index in [0.717, 1.165) is 63.7 Å². The highest BCUT2D eigenvalue weighted by atomic mass is 16.5. The number of hydrogen-bond donors (Lipinski definition) is 0. The van der Waals surface area contributed by atoms with E-state index in [0.29, 0.717) is 53.3 Å². The molecule has 6 rings (SSSR count). The Labute approximate surface area is 230 Å². The summed E-state index contributed by atoms with van der Waals surface area (Å²) in [5.74, 6) is 4.37. The van der Waals surface area contributed by atoms with Crippen LogP contribution >= 0.6 is 0 Å². The van der Waals surface area contributed by atoms with Crippen LogP contribution in [0.1, 0.15) is 110 Å². The topological polar surface area (TPSA) is 46.6 Å². The molecule has 1 aromatic rings. The highest BCUT2D eigenvalue weighted by Gasteiger charge is 2.61. The van der Waals surface area contributed by atoms with Crippen molar-refractivity contribution in [2.75, 3.05) is 18.1 Å². The van der Waals surface area contributed by atoms with Crippen molar-refractivity contribution in [1.29, 1.82) is 0 Å². The lowest BCUT2D eigenvalue weighted by Gasteiger charge is -2.59. The molecule has 0 heterocycles. The van der Waals surface area contributed by atoms with Gasteiger partial charge in [-0.1, -0.05) is 32.3 Å². The molecule has 0 saturated heterocycles. The zero-order chi connectivity index (χ0) is 26.3. The van der Waals surface area contributed by atoms with E-state index in [9.17, 15) is 9.59 Å². The Balaban J connectivity index is 1.13. The first-order chi connectivity index (χ1) is 18.4. The summed E-state index contributed by atoms with van der Waals surface area (Å²) in [6, 6.07) is 9.34. The second kappa shape index (κ2) is 10.6. The zero-order valence-corrected chi connectivity index (χ0v) is 23.9. The number of benzene rings is 1. The minimum Gasteiger partial charge on any atom is -0.493 e. The quantitative estimate of drug-likeness (QED) is 0.369. The standard InChI is InChI=1S/C34H49NO3/c1-3-35(25-8-5-4-6-9-25)26-10-7-11-28(23-26)38-21-20-34-19-17-30-29(31(34)14-15-32(34)37)13-12-24-22-27(36)16-18-33(24,30)2/h7,10-11,23-25,29-31H,3-6,8-9,12-22H2,1-2H3/t24?,29?,30?,31?,33-,34+/m0/s1. The molecule has 5 aliphatic rings. The molecule has 5 fully saturated rings. The predicted molar refractivity (Wildman–Crippen MR) is 153 cm³/mol. The van der Waals surface area contributed by atoms with Gasteiger partial charge in [-0.2, -0.15) is 0 Å². The monoisotopic (exact) mass is 519 g/mol. The maximum atomic E-state index is 13.5. The summed E-state index contributed by atoms with van der Waals surface area (Å²) in [6.07, 6.45) is 16.6. The molecule has 0 aliphatic heterocycles. The fraction of sp³-hybridized carbons (Fsp3) is 0.765. The number of Topliss-reactive ketones (excluding diaryl/α,β-unsaturated/α-hetero) is 2. The molecule has 0 amide bonds. The molecule has 0 aromatic heterocycles. The number of hydrogen-bond acceptors (Lipinski definition) is 4. The van der Waals surface area contributed by atoms with Crippen LogP contribution in [0.15, 0.2) is 24.3 Å². The number of ketones is 2. The predicted octanol–water partition coefficient (Wildman–Crippen LogP) is 7.78. The van der Waals surface area contributed by atoms with Gasteiger partial charge in [0.25, 0.3) is 0 Å². The Kier molecular flexibility index (Phi) is 7.37. The van der Waals surface area contributed by atoms with Gasteiger partial charge in [-0.15, -0.1) is 0 Å². The third-order valence-electron chi connectivity index (χ3n) is 12.2. The Morgan fingerprint density at radius 2 is 1.79 bits per heavy atom.